The Morgan fingerprint density at radius 3 is 2.27 bits per heavy atom. The summed E-state index contributed by atoms with van der Waals surface area (Å²) in [5.74, 6) is 0. The molecule has 1 heterocycles. The molecule has 0 aliphatic carbocycles. The molecule has 0 unspecified atom stereocenters. The molecule has 3 nitrogen and oxygen atoms in total. The third kappa shape index (κ3) is 4.34. The van der Waals surface area contributed by atoms with Crippen LogP contribution in [0.5, 0.6) is 0 Å². The normalized spacial score (nSPS) is 11.5. The minimum absolute atomic E-state index is 0.786. The van der Waals surface area contributed by atoms with Gasteiger partial charge in [0.25, 0.3) is 0 Å². The molecule has 1 N–H and O–H groups in total. The van der Waals surface area contributed by atoms with Crippen molar-refractivity contribution in [2.45, 2.75) is 27.7 Å². The van der Waals surface area contributed by atoms with Crippen LogP contribution in [0.2, 0.25) is 0 Å². The highest BCUT2D eigenvalue weighted by Crippen LogP contribution is 2.39. The minimum atomic E-state index is 0.786. The molecular weight excluding hydrogens is 386 g/mol. The monoisotopic (exact) mass is 411 g/mol. The standard InChI is InChI=1S/C26H25N3S/c1-17-10-13-21(14-11-17)20(4)28-29-26-27-24(23-15-12-18(2)19(3)16-23)25(30-26)22-8-6-5-7-9-22/h5-16H,1-4H3,(H,27,29)/b28-20-. The van der Waals surface area contributed by atoms with Crippen molar-refractivity contribution in [3.05, 3.63) is 95.1 Å². The summed E-state index contributed by atoms with van der Waals surface area (Å²) in [4.78, 5) is 6.05. The van der Waals surface area contributed by atoms with E-state index in [-0.39, 0.29) is 0 Å². The van der Waals surface area contributed by atoms with Crippen molar-refractivity contribution in [3.8, 4) is 21.7 Å². The molecular formula is C26H25N3S. The van der Waals surface area contributed by atoms with Gasteiger partial charge in [-0.15, -0.1) is 0 Å². The van der Waals surface area contributed by atoms with Crippen molar-refractivity contribution in [1.29, 1.82) is 0 Å². The van der Waals surface area contributed by atoms with Gasteiger partial charge in [0.2, 0.25) is 5.13 Å². The number of nitrogens with one attached hydrogen (secondary N) is 1. The summed E-state index contributed by atoms with van der Waals surface area (Å²) in [6.45, 7) is 8.37. The summed E-state index contributed by atoms with van der Waals surface area (Å²) in [7, 11) is 0. The van der Waals surface area contributed by atoms with Crippen LogP contribution in [0.4, 0.5) is 5.13 Å². The molecule has 1 aromatic heterocycles. The zero-order valence-corrected chi connectivity index (χ0v) is 18.5. The summed E-state index contributed by atoms with van der Waals surface area (Å²) in [6.07, 6.45) is 0. The highest BCUT2D eigenvalue weighted by molar-refractivity contribution is 7.19. The largest absolute Gasteiger partial charge is 0.252 e. The number of aryl methyl sites for hydroxylation is 3. The molecule has 4 rings (SSSR count). The van der Waals surface area contributed by atoms with Gasteiger partial charge in [-0.1, -0.05) is 83.6 Å². The van der Waals surface area contributed by atoms with Gasteiger partial charge in [-0.3, -0.25) is 5.43 Å². The first-order valence-corrected chi connectivity index (χ1v) is 10.8. The van der Waals surface area contributed by atoms with Crippen LogP contribution in [0.15, 0.2) is 77.9 Å². The number of benzene rings is 3. The van der Waals surface area contributed by atoms with Crippen molar-refractivity contribution in [2.75, 3.05) is 5.43 Å². The number of anilines is 1. The predicted molar refractivity (Wildman–Crippen MR) is 129 cm³/mol. The summed E-state index contributed by atoms with van der Waals surface area (Å²) in [5.41, 5.74) is 12.3. The molecule has 3 aromatic carbocycles. The molecule has 0 saturated carbocycles. The molecule has 0 radical (unpaired) electrons. The van der Waals surface area contributed by atoms with Gasteiger partial charge in [-0.2, -0.15) is 5.10 Å². The number of thiazole rings is 1. The van der Waals surface area contributed by atoms with Crippen LogP contribution in [0.25, 0.3) is 21.7 Å². The highest BCUT2D eigenvalue weighted by atomic mass is 32.1. The zero-order chi connectivity index (χ0) is 21.1. The Hall–Kier alpha value is -3.24. The maximum atomic E-state index is 4.91. The van der Waals surface area contributed by atoms with E-state index in [9.17, 15) is 0 Å². The van der Waals surface area contributed by atoms with Crippen molar-refractivity contribution in [2.24, 2.45) is 5.10 Å². The van der Waals surface area contributed by atoms with E-state index in [4.69, 9.17) is 4.98 Å². The smallest absolute Gasteiger partial charge is 0.204 e. The van der Waals surface area contributed by atoms with Crippen molar-refractivity contribution >= 4 is 22.2 Å². The van der Waals surface area contributed by atoms with Gasteiger partial charge in [0.1, 0.15) is 0 Å². The van der Waals surface area contributed by atoms with E-state index in [1.165, 1.54) is 16.7 Å². The third-order valence-corrected chi connectivity index (χ3v) is 6.24. The first-order valence-electron chi connectivity index (χ1n) is 10.0. The topological polar surface area (TPSA) is 37.3 Å². The van der Waals surface area contributed by atoms with E-state index in [1.807, 2.05) is 13.0 Å². The SMILES string of the molecule is C/C(=N/Nc1nc(-c2ccc(C)c(C)c2)c(-c2ccccc2)s1)c1ccc(C)cc1. The molecule has 0 saturated heterocycles. The molecule has 0 atom stereocenters. The second-order valence-corrected chi connectivity index (χ2v) is 8.54. The van der Waals surface area contributed by atoms with Crippen LogP contribution in [-0.4, -0.2) is 10.7 Å². The van der Waals surface area contributed by atoms with Gasteiger partial charge in [-0.05, 0) is 56.0 Å². The van der Waals surface area contributed by atoms with Crippen molar-refractivity contribution in [1.82, 2.24) is 4.98 Å². The van der Waals surface area contributed by atoms with E-state index < -0.39 is 0 Å². The lowest BCUT2D eigenvalue weighted by atomic mass is 10.0. The third-order valence-electron chi connectivity index (χ3n) is 5.23. The number of nitrogens with zero attached hydrogens (tertiary/aromatic N) is 2. The van der Waals surface area contributed by atoms with Crippen LogP contribution in [0.1, 0.15) is 29.2 Å². The molecule has 30 heavy (non-hydrogen) atoms. The second-order valence-electron chi connectivity index (χ2n) is 7.54. The fourth-order valence-corrected chi connectivity index (χ4v) is 4.16. The van der Waals surface area contributed by atoms with E-state index in [0.717, 1.165) is 38.1 Å². The number of hydrogen-bond donors (Lipinski definition) is 1. The van der Waals surface area contributed by atoms with Gasteiger partial charge in [0.15, 0.2) is 0 Å². The van der Waals surface area contributed by atoms with Crippen molar-refractivity contribution in [3.63, 3.8) is 0 Å². The zero-order valence-electron chi connectivity index (χ0n) is 17.7. The lowest BCUT2D eigenvalue weighted by Gasteiger charge is -2.05. The molecule has 150 valence electrons. The molecule has 0 aliphatic rings. The van der Waals surface area contributed by atoms with Gasteiger partial charge in [-0.25, -0.2) is 4.98 Å². The fraction of sp³-hybridized carbons (Fsp3) is 0.154. The lowest BCUT2D eigenvalue weighted by molar-refractivity contribution is 1.26. The minimum Gasteiger partial charge on any atom is -0.252 e. The van der Waals surface area contributed by atoms with Gasteiger partial charge in [0.05, 0.1) is 16.3 Å². The predicted octanol–water partition coefficient (Wildman–Crippen LogP) is 7.24. The Morgan fingerprint density at radius 1 is 0.833 bits per heavy atom. The average molecular weight is 412 g/mol. The number of hydrazone groups is 1. The number of aromatic nitrogens is 1. The summed E-state index contributed by atoms with van der Waals surface area (Å²) in [5, 5.41) is 5.37. The second kappa shape index (κ2) is 8.64. The van der Waals surface area contributed by atoms with Crippen LogP contribution < -0.4 is 5.43 Å². The van der Waals surface area contributed by atoms with E-state index >= 15 is 0 Å². The van der Waals surface area contributed by atoms with Crippen LogP contribution in [-0.2, 0) is 0 Å². The average Bonchev–Trinajstić information content (AvgIpc) is 3.19. The number of rotatable bonds is 5. The van der Waals surface area contributed by atoms with E-state index in [2.05, 4.69) is 98.0 Å². The number of hydrogen-bond acceptors (Lipinski definition) is 4. The Bertz CT molecular complexity index is 1190. The first kappa shape index (κ1) is 20.0. The molecule has 4 aromatic rings. The molecule has 0 spiro atoms. The van der Waals surface area contributed by atoms with E-state index in [1.54, 1.807) is 11.3 Å². The molecule has 4 heteroatoms. The fourth-order valence-electron chi connectivity index (χ4n) is 3.23. The Balaban J connectivity index is 1.71. The van der Waals surface area contributed by atoms with Gasteiger partial charge >= 0.3 is 0 Å². The Morgan fingerprint density at radius 2 is 1.57 bits per heavy atom. The Kier molecular flexibility index (Phi) is 5.77. The molecule has 0 amide bonds. The molecule has 0 aliphatic heterocycles. The lowest BCUT2D eigenvalue weighted by Crippen LogP contribution is -1.99. The van der Waals surface area contributed by atoms with Gasteiger partial charge < -0.3 is 0 Å². The van der Waals surface area contributed by atoms with Gasteiger partial charge in [0, 0.05) is 5.56 Å². The maximum Gasteiger partial charge on any atom is 0.204 e. The summed E-state index contributed by atoms with van der Waals surface area (Å²) in [6, 6.07) is 25.3. The quantitative estimate of drug-likeness (QED) is 0.278. The molecule has 0 bridgehead atoms. The summed E-state index contributed by atoms with van der Waals surface area (Å²) >= 11 is 1.63. The molecule has 0 fully saturated rings. The van der Waals surface area contributed by atoms with Crippen LogP contribution >= 0.6 is 11.3 Å². The van der Waals surface area contributed by atoms with Crippen LogP contribution in [0.3, 0.4) is 0 Å². The van der Waals surface area contributed by atoms with Crippen LogP contribution in [0, 0.1) is 20.8 Å². The van der Waals surface area contributed by atoms with E-state index in [0.29, 0.717) is 0 Å². The summed E-state index contributed by atoms with van der Waals surface area (Å²) < 4.78 is 0. The first-order chi connectivity index (χ1) is 14.5. The maximum absolute atomic E-state index is 4.91. The highest BCUT2D eigenvalue weighted by Gasteiger charge is 2.15. The van der Waals surface area contributed by atoms with Crippen molar-refractivity contribution < 1.29 is 0 Å². The Labute approximate surface area is 182 Å².